The zero-order chi connectivity index (χ0) is 12.3. The van der Waals surface area contributed by atoms with Crippen molar-refractivity contribution in [2.75, 3.05) is 7.05 Å². The lowest BCUT2D eigenvalue weighted by atomic mass is 9.99. The first-order valence-corrected chi connectivity index (χ1v) is 6.84. The lowest BCUT2D eigenvalue weighted by Crippen LogP contribution is -2.51. The molecule has 2 aliphatic heterocycles. The molecule has 0 saturated carbocycles. The molecule has 2 nitrogen and oxygen atoms in total. The van der Waals surface area contributed by atoms with E-state index in [-0.39, 0.29) is 11.8 Å². The smallest absolute Gasteiger partial charge is 0.122 e. The van der Waals surface area contributed by atoms with Gasteiger partial charge in [-0.15, -0.1) is 13.2 Å². The maximum atomic E-state index is 6.45. The second kappa shape index (κ2) is 5.36. The molecule has 2 heterocycles. The van der Waals surface area contributed by atoms with Crippen molar-refractivity contribution >= 4 is 0 Å². The van der Waals surface area contributed by atoms with Crippen LogP contribution in [0.3, 0.4) is 0 Å². The summed E-state index contributed by atoms with van der Waals surface area (Å²) in [7, 11) is 2.23. The van der Waals surface area contributed by atoms with Crippen molar-refractivity contribution in [2.24, 2.45) is 0 Å². The second-order valence-electron chi connectivity index (χ2n) is 5.43. The maximum absolute atomic E-state index is 6.45. The van der Waals surface area contributed by atoms with Gasteiger partial charge in [-0.05, 0) is 52.0 Å². The fourth-order valence-electron chi connectivity index (χ4n) is 3.42. The van der Waals surface area contributed by atoms with Gasteiger partial charge >= 0.3 is 0 Å². The summed E-state index contributed by atoms with van der Waals surface area (Å²) in [5, 5.41) is 0. The molecule has 0 amide bonds. The molecular formula is C15H25NO. The molecule has 0 spiro atoms. The Labute approximate surface area is 105 Å². The van der Waals surface area contributed by atoms with Crippen molar-refractivity contribution in [3.05, 3.63) is 25.3 Å². The third kappa shape index (κ3) is 2.48. The molecule has 2 rings (SSSR count). The molecule has 2 bridgehead atoms. The molecule has 96 valence electrons. The largest absolute Gasteiger partial charge is 0.357 e. The van der Waals surface area contributed by atoms with Crippen LogP contribution in [0.5, 0.6) is 0 Å². The van der Waals surface area contributed by atoms with Crippen molar-refractivity contribution in [2.45, 2.75) is 62.8 Å². The highest BCUT2D eigenvalue weighted by molar-refractivity contribution is 4.98. The molecule has 0 unspecified atom stereocenters. The van der Waals surface area contributed by atoms with Gasteiger partial charge in [0, 0.05) is 6.04 Å². The van der Waals surface area contributed by atoms with Crippen LogP contribution in [-0.2, 0) is 4.74 Å². The van der Waals surface area contributed by atoms with Gasteiger partial charge in [-0.2, -0.15) is 0 Å². The Morgan fingerprint density at radius 2 is 2.00 bits per heavy atom. The first-order chi connectivity index (χ1) is 8.22. The Kier molecular flexibility index (Phi) is 4.05. The first-order valence-electron chi connectivity index (χ1n) is 6.84. The van der Waals surface area contributed by atoms with Crippen molar-refractivity contribution in [1.29, 1.82) is 0 Å². The standard InChI is InChI=1S/C15H25NO/c1-4-7-14(8-5-2)17-15-11-6-9-13(10-12-15)16(15)3/h4-5,13-14H,1-2,6-12H2,3H3/t13-,15-/m1/s1. The molecule has 0 N–H and O–H groups in total. The molecule has 2 aliphatic rings. The average molecular weight is 235 g/mol. The van der Waals surface area contributed by atoms with E-state index in [1.165, 1.54) is 32.1 Å². The van der Waals surface area contributed by atoms with E-state index in [2.05, 4.69) is 25.1 Å². The molecule has 0 aromatic heterocycles. The maximum Gasteiger partial charge on any atom is 0.122 e. The summed E-state index contributed by atoms with van der Waals surface area (Å²) in [6.07, 6.45) is 12.3. The lowest BCUT2D eigenvalue weighted by molar-refractivity contribution is -0.182. The third-order valence-corrected chi connectivity index (χ3v) is 4.41. The SMILES string of the molecule is C=CCC(CC=C)O[C@]12CCC[C@H](CC1)N2C. The number of piperidine rings is 1. The van der Waals surface area contributed by atoms with Crippen molar-refractivity contribution in [3.63, 3.8) is 0 Å². The Balaban J connectivity index is 2.04. The Morgan fingerprint density at radius 3 is 2.65 bits per heavy atom. The predicted octanol–water partition coefficient (Wildman–Crippen LogP) is 3.50. The van der Waals surface area contributed by atoms with E-state index in [0.29, 0.717) is 0 Å². The summed E-state index contributed by atoms with van der Waals surface area (Å²) >= 11 is 0. The highest BCUT2D eigenvalue weighted by Crippen LogP contribution is 2.44. The Hall–Kier alpha value is -0.600. The van der Waals surface area contributed by atoms with Crippen LogP contribution in [0.25, 0.3) is 0 Å². The summed E-state index contributed by atoms with van der Waals surface area (Å²) in [5.41, 5.74) is 0.0135. The monoisotopic (exact) mass is 235 g/mol. The van der Waals surface area contributed by atoms with Crippen LogP contribution in [0.4, 0.5) is 0 Å². The summed E-state index contributed by atoms with van der Waals surface area (Å²) in [4.78, 5) is 2.48. The van der Waals surface area contributed by atoms with E-state index < -0.39 is 0 Å². The van der Waals surface area contributed by atoms with Gasteiger partial charge in [0.15, 0.2) is 0 Å². The van der Waals surface area contributed by atoms with E-state index in [1.54, 1.807) is 0 Å². The normalized spacial score (nSPS) is 32.9. The quantitative estimate of drug-likeness (QED) is 0.653. The minimum Gasteiger partial charge on any atom is -0.357 e. The minimum atomic E-state index is 0.0135. The van der Waals surface area contributed by atoms with E-state index in [0.717, 1.165) is 18.9 Å². The predicted molar refractivity (Wildman–Crippen MR) is 71.9 cm³/mol. The fourth-order valence-corrected chi connectivity index (χ4v) is 3.42. The molecule has 17 heavy (non-hydrogen) atoms. The van der Waals surface area contributed by atoms with E-state index in [1.807, 2.05) is 12.2 Å². The van der Waals surface area contributed by atoms with Gasteiger partial charge in [0.25, 0.3) is 0 Å². The second-order valence-corrected chi connectivity index (χ2v) is 5.43. The number of rotatable bonds is 6. The van der Waals surface area contributed by atoms with Crippen LogP contribution >= 0.6 is 0 Å². The van der Waals surface area contributed by atoms with E-state index in [9.17, 15) is 0 Å². The molecule has 2 heteroatoms. The van der Waals surface area contributed by atoms with Gasteiger partial charge in [0.2, 0.25) is 0 Å². The van der Waals surface area contributed by atoms with Gasteiger partial charge in [0.1, 0.15) is 5.72 Å². The molecule has 2 atom stereocenters. The van der Waals surface area contributed by atoms with Crippen molar-refractivity contribution < 1.29 is 4.74 Å². The molecule has 0 radical (unpaired) electrons. The van der Waals surface area contributed by atoms with Gasteiger partial charge < -0.3 is 4.74 Å². The van der Waals surface area contributed by atoms with Crippen LogP contribution in [0.15, 0.2) is 25.3 Å². The molecule has 0 aromatic rings. The highest BCUT2D eigenvalue weighted by atomic mass is 16.5. The highest BCUT2D eigenvalue weighted by Gasteiger charge is 2.48. The fraction of sp³-hybridized carbons (Fsp3) is 0.733. The first kappa shape index (κ1) is 12.8. The van der Waals surface area contributed by atoms with E-state index >= 15 is 0 Å². The topological polar surface area (TPSA) is 12.5 Å². The number of hydrogen-bond acceptors (Lipinski definition) is 2. The number of hydrogen-bond donors (Lipinski definition) is 0. The van der Waals surface area contributed by atoms with E-state index in [4.69, 9.17) is 4.74 Å². The Bertz CT molecular complexity index is 275. The van der Waals surface area contributed by atoms with Gasteiger partial charge in [-0.25, -0.2) is 0 Å². The van der Waals surface area contributed by atoms with Crippen LogP contribution in [0, 0.1) is 0 Å². The molecule has 2 fully saturated rings. The number of nitrogens with zero attached hydrogens (tertiary/aromatic N) is 1. The molecule has 0 aromatic carbocycles. The Morgan fingerprint density at radius 1 is 1.29 bits per heavy atom. The van der Waals surface area contributed by atoms with Crippen LogP contribution in [0.2, 0.25) is 0 Å². The minimum absolute atomic E-state index is 0.0135. The zero-order valence-electron chi connectivity index (χ0n) is 11.0. The van der Waals surface area contributed by atoms with Gasteiger partial charge in [0.05, 0.1) is 6.10 Å². The molecule has 0 aliphatic carbocycles. The summed E-state index contributed by atoms with van der Waals surface area (Å²) in [6.45, 7) is 7.65. The summed E-state index contributed by atoms with van der Waals surface area (Å²) in [6, 6.07) is 0.747. The average Bonchev–Trinajstić information content (AvgIpc) is 2.52. The van der Waals surface area contributed by atoms with Crippen molar-refractivity contribution in [3.8, 4) is 0 Å². The third-order valence-electron chi connectivity index (χ3n) is 4.41. The van der Waals surface area contributed by atoms with Crippen LogP contribution in [-0.4, -0.2) is 29.8 Å². The summed E-state index contributed by atoms with van der Waals surface area (Å²) < 4.78 is 6.45. The van der Waals surface area contributed by atoms with Crippen molar-refractivity contribution in [1.82, 2.24) is 4.90 Å². The number of fused-ring (bicyclic) bond motifs is 2. The molecular weight excluding hydrogens is 210 g/mol. The van der Waals surface area contributed by atoms with Gasteiger partial charge in [-0.1, -0.05) is 12.2 Å². The molecule has 2 saturated heterocycles. The van der Waals surface area contributed by atoms with Gasteiger partial charge in [-0.3, -0.25) is 4.90 Å². The number of ether oxygens (including phenoxy) is 1. The zero-order valence-corrected chi connectivity index (χ0v) is 11.0. The lowest BCUT2D eigenvalue weighted by Gasteiger charge is -2.44. The van der Waals surface area contributed by atoms with Crippen LogP contribution < -0.4 is 0 Å². The van der Waals surface area contributed by atoms with Crippen LogP contribution in [0.1, 0.15) is 44.9 Å². The summed E-state index contributed by atoms with van der Waals surface area (Å²) in [5.74, 6) is 0.